The lowest BCUT2D eigenvalue weighted by Gasteiger charge is -2.02. The molecule has 3 heteroatoms. The number of benzene rings is 1. The van der Waals surface area contributed by atoms with Crippen LogP contribution in [0, 0.1) is 0 Å². The van der Waals surface area contributed by atoms with Crippen molar-refractivity contribution >= 4 is 5.57 Å². The Bertz CT molecular complexity index is 369. The molecule has 0 bridgehead atoms. The van der Waals surface area contributed by atoms with Gasteiger partial charge in [-0.3, -0.25) is 0 Å². The Morgan fingerprint density at radius 2 is 2.00 bits per heavy atom. The van der Waals surface area contributed by atoms with Gasteiger partial charge in [-0.1, -0.05) is 12.1 Å². The van der Waals surface area contributed by atoms with Crippen molar-refractivity contribution in [2.75, 3.05) is 7.11 Å². The van der Waals surface area contributed by atoms with Crippen LogP contribution in [0.25, 0.3) is 5.57 Å². The van der Waals surface area contributed by atoms with E-state index in [1.54, 1.807) is 24.3 Å². The van der Waals surface area contributed by atoms with Crippen molar-refractivity contribution in [3.05, 3.63) is 35.9 Å². The summed E-state index contributed by atoms with van der Waals surface area (Å²) in [5.41, 5.74) is 0.621. The van der Waals surface area contributed by atoms with E-state index in [1.165, 1.54) is 7.11 Å². The largest absolute Gasteiger partial charge is 0.497 e. The van der Waals surface area contributed by atoms with Gasteiger partial charge < -0.3 is 4.74 Å². The van der Waals surface area contributed by atoms with E-state index in [0.29, 0.717) is 11.3 Å². The molecule has 0 atom stereocenters. The lowest BCUT2D eigenvalue weighted by Crippen LogP contribution is -1.93. The molecule has 0 aromatic heterocycles. The second-order valence-electron chi connectivity index (χ2n) is 2.91. The molecule has 2 rings (SSSR count). The third-order valence-electron chi connectivity index (χ3n) is 1.98. The van der Waals surface area contributed by atoms with Gasteiger partial charge >= 0.3 is 0 Å². The molecule has 0 saturated heterocycles. The van der Waals surface area contributed by atoms with Crippen LogP contribution in [0.2, 0.25) is 0 Å². The zero-order valence-electron chi connectivity index (χ0n) is 7.05. The molecule has 0 spiro atoms. The standard InChI is InChI=1S/C10H8F2O/c1-13-8-4-2-3-7(5-8)9-6-10(9,11)12/h2-6H,1H3. The molecule has 0 aliphatic heterocycles. The summed E-state index contributed by atoms with van der Waals surface area (Å²) in [5.74, 6) is -2.10. The topological polar surface area (TPSA) is 9.23 Å². The zero-order chi connectivity index (χ0) is 9.47. The van der Waals surface area contributed by atoms with Crippen LogP contribution in [0.4, 0.5) is 8.78 Å². The maximum atomic E-state index is 12.6. The van der Waals surface area contributed by atoms with Gasteiger partial charge in [0.1, 0.15) is 5.75 Å². The summed E-state index contributed by atoms with van der Waals surface area (Å²) >= 11 is 0. The Hall–Kier alpha value is -1.38. The summed E-state index contributed by atoms with van der Waals surface area (Å²) in [6, 6.07) is 6.68. The Kier molecular flexibility index (Phi) is 1.62. The lowest BCUT2D eigenvalue weighted by molar-refractivity contribution is 0.159. The molecular formula is C10H8F2O. The Balaban J connectivity index is 2.28. The van der Waals surface area contributed by atoms with Gasteiger partial charge in [0, 0.05) is 5.57 Å². The number of hydrogen-bond acceptors (Lipinski definition) is 1. The number of ether oxygens (including phenoxy) is 1. The highest BCUT2D eigenvalue weighted by atomic mass is 19.3. The van der Waals surface area contributed by atoms with Gasteiger partial charge in [-0.05, 0) is 23.8 Å². The number of allylic oxidation sites excluding steroid dienone is 2. The second kappa shape index (κ2) is 2.55. The first-order valence-corrected chi connectivity index (χ1v) is 3.89. The molecule has 0 N–H and O–H groups in total. The summed E-state index contributed by atoms with van der Waals surface area (Å²) in [6.07, 6.45) is 0.946. The minimum atomic E-state index is -2.70. The van der Waals surface area contributed by atoms with E-state index in [9.17, 15) is 8.78 Å². The van der Waals surface area contributed by atoms with E-state index in [4.69, 9.17) is 4.74 Å². The fourth-order valence-electron chi connectivity index (χ4n) is 1.21. The van der Waals surface area contributed by atoms with Gasteiger partial charge in [0.05, 0.1) is 7.11 Å². The monoisotopic (exact) mass is 182 g/mol. The van der Waals surface area contributed by atoms with Crippen LogP contribution in [0.5, 0.6) is 5.75 Å². The number of halogens is 2. The first kappa shape index (κ1) is 8.23. The van der Waals surface area contributed by atoms with E-state index < -0.39 is 5.92 Å². The highest BCUT2D eigenvalue weighted by Crippen LogP contribution is 2.47. The molecule has 1 aromatic rings. The second-order valence-corrected chi connectivity index (χ2v) is 2.91. The molecule has 1 aliphatic carbocycles. The molecule has 0 fully saturated rings. The molecule has 0 unspecified atom stereocenters. The van der Waals surface area contributed by atoms with Crippen LogP contribution in [0.15, 0.2) is 30.3 Å². The smallest absolute Gasteiger partial charge is 0.293 e. The van der Waals surface area contributed by atoms with Crippen molar-refractivity contribution in [3.63, 3.8) is 0 Å². The number of hydrogen-bond donors (Lipinski definition) is 0. The highest BCUT2D eigenvalue weighted by Gasteiger charge is 2.46. The molecule has 1 aromatic carbocycles. The van der Waals surface area contributed by atoms with Crippen molar-refractivity contribution in [2.45, 2.75) is 5.92 Å². The van der Waals surface area contributed by atoms with Crippen LogP contribution in [0.3, 0.4) is 0 Å². The molecule has 0 radical (unpaired) electrons. The van der Waals surface area contributed by atoms with Crippen molar-refractivity contribution in [3.8, 4) is 5.75 Å². The van der Waals surface area contributed by atoms with Crippen LogP contribution < -0.4 is 4.74 Å². The van der Waals surface area contributed by atoms with Crippen LogP contribution in [0.1, 0.15) is 5.56 Å². The molecule has 68 valence electrons. The van der Waals surface area contributed by atoms with Gasteiger partial charge in [-0.2, -0.15) is 8.78 Å². The normalized spacial score (nSPS) is 17.9. The third-order valence-corrected chi connectivity index (χ3v) is 1.98. The Morgan fingerprint density at radius 3 is 2.54 bits per heavy atom. The highest BCUT2D eigenvalue weighted by molar-refractivity contribution is 5.86. The fraction of sp³-hybridized carbons (Fsp3) is 0.200. The van der Waals surface area contributed by atoms with Crippen molar-refractivity contribution < 1.29 is 13.5 Å². The minimum Gasteiger partial charge on any atom is -0.497 e. The SMILES string of the molecule is COc1cccc(C2=CC2(F)F)c1. The van der Waals surface area contributed by atoms with E-state index in [2.05, 4.69) is 0 Å². The maximum absolute atomic E-state index is 12.6. The maximum Gasteiger partial charge on any atom is 0.293 e. The van der Waals surface area contributed by atoms with Crippen molar-refractivity contribution in [2.24, 2.45) is 0 Å². The Labute approximate surface area is 74.6 Å². The van der Waals surface area contributed by atoms with E-state index >= 15 is 0 Å². The predicted molar refractivity (Wildman–Crippen MR) is 45.9 cm³/mol. The van der Waals surface area contributed by atoms with Gasteiger partial charge in [0.2, 0.25) is 0 Å². The molecule has 13 heavy (non-hydrogen) atoms. The van der Waals surface area contributed by atoms with E-state index in [0.717, 1.165) is 6.08 Å². The van der Waals surface area contributed by atoms with Crippen LogP contribution >= 0.6 is 0 Å². The summed E-state index contributed by atoms with van der Waals surface area (Å²) in [4.78, 5) is 0. The zero-order valence-corrected chi connectivity index (χ0v) is 7.05. The number of alkyl halides is 2. The first-order chi connectivity index (χ1) is 6.13. The molecule has 0 amide bonds. The predicted octanol–water partition coefficient (Wildman–Crippen LogP) is 2.73. The third kappa shape index (κ3) is 1.41. The molecular weight excluding hydrogens is 174 g/mol. The first-order valence-electron chi connectivity index (χ1n) is 3.89. The van der Waals surface area contributed by atoms with Crippen molar-refractivity contribution in [1.82, 2.24) is 0 Å². The lowest BCUT2D eigenvalue weighted by atomic mass is 10.1. The summed E-state index contributed by atoms with van der Waals surface area (Å²) in [6.45, 7) is 0. The van der Waals surface area contributed by atoms with Gasteiger partial charge in [0.25, 0.3) is 5.92 Å². The van der Waals surface area contributed by atoms with Crippen LogP contribution in [-0.4, -0.2) is 13.0 Å². The van der Waals surface area contributed by atoms with Gasteiger partial charge in [-0.25, -0.2) is 0 Å². The average Bonchev–Trinajstić information content (AvgIpc) is 2.76. The Morgan fingerprint density at radius 1 is 1.31 bits per heavy atom. The summed E-state index contributed by atoms with van der Waals surface area (Å²) in [7, 11) is 1.51. The van der Waals surface area contributed by atoms with Crippen LogP contribution in [-0.2, 0) is 0 Å². The van der Waals surface area contributed by atoms with Crippen molar-refractivity contribution in [1.29, 1.82) is 0 Å². The average molecular weight is 182 g/mol. The summed E-state index contributed by atoms with van der Waals surface area (Å²) < 4.78 is 30.1. The van der Waals surface area contributed by atoms with Gasteiger partial charge in [-0.15, -0.1) is 0 Å². The molecule has 0 heterocycles. The molecule has 0 saturated carbocycles. The van der Waals surface area contributed by atoms with E-state index in [-0.39, 0.29) is 5.57 Å². The number of rotatable bonds is 2. The fourth-order valence-corrected chi connectivity index (χ4v) is 1.21. The molecule has 1 nitrogen and oxygen atoms in total. The number of methoxy groups -OCH3 is 1. The molecule has 1 aliphatic rings. The quantitative estimate of drug-likeness (QED) is 0.683. The van der Waals surface area contributed by atoms with Gasteiger partial charge in [0.15, 0.2) is 0 Å². The minimum absolute atomic E-state index is 0.0893. The van der Waals surface area contributed by atoms with E-state index in [1.807, 2.05) is 0 Å². The summed E-state index contributed by atoms with van der Waals surface area (Å²) in [5, 5.41) is 0.